The van der Waals surface area contributed by atoms with Gasteiger partial charge in [-0.05, 0) is 57.9 Å². The monoisotopic (exact) mass is 329 g/mol. The first-order valence-corrected chi connectivity index (χ1v) is 8.10. The molecule has 0 atom stereocenters. The third kappa shape index (κ3) is 4.24. The highest BCUT2D eigenvalue weighted by molar-refractivity contribution is 5.68. The van der Waals surface area contributed by atoms with E-state index in [1.165, 1.54) is 6.33 Å². The van der Waals surface area contributed by atoms with Gasteiger partial charge in [0, 0.05) is 17.8 Å². The second-order valence-electron chi connectivity index (χ2n) is 7.04. The van der Waals surface area contributed by atoms with Crippen molar-refractivity contribution in [3.8, 4) is 5.69 Å². The van der Waals surface area contributed by atoms with Gasteiger partial charge in [-0.1, -0.05) is 0 Å². The molecule has 1 aliphatic carbocycles. The normalized spacial score (nSPS) is 20.1. The number of nitrogens with one attached hydrogen (secondary N) is 2. The van der Waals surface area contributed by atoms with E-state index in [4.69, 9.17) is 4.74 Å². The summed E-state index contributed by atoms with van der Waals surface area (Å²) >= 11 is 0. The highest BCUT2D eigenvalue weighted by atomic mass is 16.6. The number of hydrogen-bond donors (Lipinski definition) is 2. The summed E-state index contributed by atoms with van der Waals surface area (Å²) in [5.74, 6) is 0. The molecule has 0 radical (unpaired) electrons. The summed E-state index contributed by atoms with van der Waals surface area (Å²) in [6.07, 6.45) is 4.62. The largest absolute Gasteiger partial charge is 0.444 e. The van der Waals surface area contributed by atoms with E-state index in [1.54, 1.807) is 11.0 Å². The van der Waals surface area contributed by atoms with Gasteiger partial charge >= 0.3 is 6.09 Å². The van der Waals surface area contributed by atoms with Crippen molar-refractivity contribution in [2.45, 2.75) is 51.3 Å². The molecule has 7 nitrogen and oxygen atoms in total. The van der Waals surface area contributed by atoms with Crippen LogP contribution in [0.3, 0.4) is 0 Å². The predicted molar refractivity (Wildman–Crippen MR) is 91.2 cm³/mol. The van der Waals surface area contributed by atoms with Crippen molar-refractivity contribution in [2.75, 3.05) is 5.32 Å². The van der Waals surface area contributed by atoms with Crippen molar-refractivity contribution < 1.29 is 9.53 Å². The van der Waals surface area contributed by atoms with Crippen LogP contribution in [-0.2, 0) is 4.74 Å². The molecule has 128 valence electrons. The van der Waals surface area contributed by atoms with Crippen LogP contribution in [0.15, 0.2) is 36.9 Å². The molecule has 2 N–H and O–H groups in total. The number of aromatic nitrogens is 3. The molecule has 1 amide bonds. The molecule has 0 unspecified atom stereocenters. The number of benzene rings is 1. The minimum absolute atomic E-state index is 0.173. The fourth-order valence-electron chi connectivity index (χ4n) is 2.62. The Hall–Kier alpha value is -2.57. The van der Waals surface area contributed by atoms with Crippen molar-refractivity contribution in [3.05, 3.63) is 36.9 Å². The van der Waals surface area contributed by atoms with Gasteiger partial charge in [0.05, 0.1) is 5.69 Å². The molecular weight excluding hydrogens is 306 g/mol. The van der Waals surface area contributed by atoms with Gasteiger partial charge in [-0.2, -0.15) is 5.10 Å². The van der Waals surface area contributed by atoms with Crippen LogP contribution in [0.4, 0.5) is 10.5 Å². The topological polar surface area (TPSA) is 81.1 Å². The lowest BCUT2D eigenvalue weighted by molar-refractivity contribution is 0.0475. The number of alkyl carbamates (subject to hydrolysis) is 1. The van der Waals surface area contributed by atoms with E-state index in [9.17, 15) is 4.79 Å². The molecule has 0 aliphatic heterocycles. The molecule has 0 saturated heterocycles. The number of nitrogens with zero attached hydrogens (tertiary/aromatic N) is 3. The molecule has 1 fully saturated rings. The molecule has 0 spiro atoms. The van der Waals surface area contributed by atoms with Gasteiger partial charge < -0.3 is 15.4 Å². The summed E-state index contributed by atoms with van der Waals surface area (Å²) in [5, 5.41) is 10.5. The van der Waals surface area contributed by atoms with E-state index in [1.807, 2.05) is 45.0 Å². The molecule has 0 bridgehead atoms. The maximum atomic E-state index is 11.7. The van der Waals surface area contributed by atoms with Crippen LogP contribution in [0, 0.1) is 0 Å². The molecule has 1 saturated carbocycles. The first kappa shape index (κ1) is 16.3. The van der Waals surface area contributed by atoms with E-state index in [2.05, 4.69) is 20.7 Å². The number of hydrogen-bond acceptors (Lipinski definition) is 5. The summed E-state index contributed by atoms with van der Waals surface area (Å²) < 4.78 is 6.98. The molecule has 1 aromatic heterocycles. The number of rotatable bonds is 4. The molecule has 1 aromatic carbocycles. The van der Waals surface area contributed by atoms with E-state index < -0.39 is 5.60 Å². The fourth-order valence-corrected chi connectivity index (χ4v) is 2.62. The van der Waals surface area contributed by atoms with Gasteiger partial charge in [0.15, 0.2) is 0 Å². The van der Waals surface area contributed by atoms with E-state index in [-0.39, 0.29) is 12.1 Å². The number of carbonyl (C=O) groups is 1. The van der Waals surface area contributed by atoms with Crippen LogP contribution in [0.25, 0.3) is 5.69 Å². The van der Waals surface area contributed by atoms with E-state index in [0.717, 1.165) is 24.2 Å². The number of carbonyl (C=O) groups excluding carboxylic acids is 1. The van der Waals surface area contributed by atoms with Crippen LogP contribution in [0.2, 0.25) is 0 Å². The van der Waals surface area contributed by atoms with Gasteiger partial charge in [-0.25, -0.2) is 14.5 Å². The number of ether oxygens (including phenoxy) is 1. The lowest BCUT2D eigenvalue weighted by Crippen LogP contribution is -2.50. The van der Waals surface area contributed by atoms with Crippen LogP contribution in [0.1, 0.15) is 33.6 Å². The average Bonchev–Trinajstić information content (AvgIpc) is 2.98. The Bertz CT molecular complexity index is 670. The highest BCUT2D eigenvalue weighted by Crippen LogP contribution is 2.25. The minimum atomic E-state index is -0.461. The summed E-state index contributed by atoms with van der Waals surface area (Å²) in [7, 11) is 0. The average molecular weight is 329 g/mol. The smallest absolute Gasteiger partial charge is 0.407 e. The lowest BCUT2D eigenvalue weighted by Gasteiger charge is -2.37. The quantitative estimate of drug-likeness (QED) is 0.901. The SMILES string of the molecule is CC(C)(C)OC(=O)NC1CC(Nc2ccc(-n3cncn3)cc2)C1. The molecule has 3 rings (SSSR count). The van der Waals surface area contributed by atoms with Crippen molar-refractivity contribution >= 4 is 11.8 Å². The Kier molecular flexibility index (Phi) is 4.42. The first-order valence-electron chi connectivity index (χ1n) is 8.10. The Morgan fingerprint density at radius 1 is 1.21 bits per heavy atom. The zero-order valence-corrected chi connectivity index (χ0v) is 14.2. The second-order valence-corrected chi connectivity index (χ2v) is 7.04. The van der Waals surface area contributed by atoms with Crippen LogP contribution < -0.4 is 10.6 Å². The molecule has 7 heteroatoms. The third-order valence-electron chi connectivity index (χ3n) is 3.78. The van der Waals surface area contributed by atoms with Crippen molar-refractivity contribution in [3.63, 3.8) is 0 Å². The van der Waals surface area contributed by atoms with E-state index in [0.29, 0.717) is 6.04 Å². The maximum absolute atomic E-state index is 11.7. The molecule has 1 heterocycles. The van der Waals surface area contributed by atoms with Crippen LogP contribution in [0.5, 0.6) is 0 Å². The highest BCUT2D eigenvalue weighted by Gasteiger charge is 2.31. The molecule has 1 aliphatic rings. The van der Waals surface area contributed by atoms with Crippen LogP contribution >= 0.6 is 0 Å². The zero-order valence-electron chi connectivity index (χ0n) is 14.2. The van der Waals surface area contributed by atoms with Gasteiger partial charge in [0.2, 0.25) is 0 Å². The third-order valence-corrected chi connectivity index (χ3v) is 3.78. The van der Waals surface area contributed by atoms with E-state index >= 15 is 0 Å². The Labute approximate surface area is 141 Å². The number of anilines is 1. The number of amides is 1. The summed E-state index contributed by atoms with van der Waals surface area (Å²) in [5.41, 5.74) is 1.56. The van der Waals surface area contributed by atoms with Gasteiger partial charge in [-0.15, -0.1) is 0 Å². The summed E-state index contributed by atoms with van der Waals surface area (Å²) in [4.78, 5) is 15.6. The van der Waals surface area contributed by atoms with Crippen molar-refractivity contribution in [2.24, 2.45) is 0 Å². The van der Waals surface area contributed by atoms with Crippen molar-refractivity contribution in [1.82, 2.24) is 20.1 Å². The maximum Gasteiger partial charge on any atom is 0.407 e. The molecule has 2 aromatic rings. The fraction of sp³-hybridized carbons (Fsp3) is 0.471. The van der Waals surface area contributed by atoms with Gasteiger partial charge in [0.25, 0.3) is 0 Å². The Morgan fingerprint density at radius 2 is 1.92 bits per heavy atom. The Morgan fingerprint density at radius 3 is 2.50 bits per heavy atom. The molecule has 24 heavy (non-hydrogen) atoms. The standard InChI is InChI=1S/C17H23N5O2/c1-17(2,3)24-16(23)21-14-8-13(9-14)20-12-4-6-15(7-5-12)22-11-18-10-19-22/h4-7,10-11,13-14,20H,8-9H2,1-3H3,(H,21,23). The van der Waals surface area contributed by atoms with Gasteiger partial charge in [-0.3, -0.25) is 0 Å². The van der Waals surface area contributed by atoms with Crippen LogP contribution in [-0.4, -0.2) is 38.5 Å². The summed E-state index contributed by atoms with van der Waals surface area (Å²) in [6.45, 7) is 5.59. The first-order chi connectivity index (χ1) is 11.4. The predicted octanol–water partition coefficient (Wildman–Crippen LogP) is 2.73. The van der Waals surface area contributed by atoms with Crippen molar-refractivity contribution in [1.29, 1.82) is 0 Å². The zero-order chi connectivity index (χ0) is 17.2. The Balaban J connectivity index is 1.43. The minimum Gasteiger partial charge on any atom is -0.444 e. The summed E-state index contributed by atoms with van der Waals surface area (Å²) in [6, 6.07) is 8.56. The molecular formula is C17H23N5O2. The van der Waals surface area contributed by atoms with Gasteiger partial charge in [0.1, 0.15) is 18.3 Å². The second kappa shape index (κ2) is 6.51. The lowest BCUT2D eigenvalue weighted by atomic mass is 9.86.